The summed E-state index contributed by atoms with van der Waals surface area (Å²) in [5.74, 6) is 0. The van der Waals surface area contributed by atoms with Crippen LogP contribution in [-0.4, -0.2) is 19.1 Å². The molecule has 0 aliphatic rings. The standard InChI is InChI=1S/C15H25ClN2/c1-5-12(4)18(7-3)15-9-8-13(10-14(15)16)11-17-6-2/h8-10,12,17H,5-7,11H2,1-4H3. The average Bonchev–Trinajstić information content (AvgIpc) is 2.39. The van der Waals surface area contributed by atoms with Crippen molar-refractivity contribution in [1.82, 2.24) is 5.32 Å². The van der Waals surface area contributed by atoms with Gasteiger partial charge in [0.2, 0.25) is 0 Å². The first kappa shape index (κ1) is 15.3. The molecule has 0 radical (unpaired) electrons. The topological polar surface area (TPSA) is 15.3 Å². The molecule has 0 aliphatic carbocycles. The van der Waals surface area contributed by atoms with E-state index in [0.29, 0.717) is 6.04 Å². The van der Waals surface area contributed by atoms with Crippen LogP contribution < -0.4 is 10.2 Å². The number of benzene rings is 1. The van der Waals surface area contributed by atoms with Crippen molar-refractivity contribution in [3.63, 3.8) is 0 Å². The zero-order valence-corrected chi connectivity index (χ0v) is 12.7. The molecule has 0 heterocycles. The predicted octanol–water partition coefficient (Wildman–Crippen LogP) is 4.07. The molecule has 1 aromatic carbocycles. The molecule has 1 unspecified atom stereocenters. The van der Waals surface area contributed by atoms with E-state index in [1.54, 1.807) is 0 Å². The minimum atomic E-state index is 0.520. The van der Waals surface area contributed by atoms with E-state index in [1.807, 2.05) is 0 Å². The molecule has 0 aromatic heterocycles. The summed E-state index contributed by atoms with van der Waals surface area (Å²) < 4.78 is 0. The van der Waals surface area contributed by atoms with Gasteiger partial charge in [0, 0.05) is 19.1 Å². The Kier molecular flexibility index (Phi) is 6.51. The van der Waals surface area contributed by atoms with Crippen LogP contribution in [0.1, 0.15) is 39.7 Å². The van der Waals surface area contributed by atoms with Gasteiger partial charge in [0.1, 0.15) is 0 Å². The molecule has 1 rings (SSSR count). The predicted molar refractivity (Wildman–Crippen MR) is 81.6 cm³/mol. The Morgan fingerprint density at radius 1 is 1.28 bits per heavy atom. The Bertz CT molecular complexity index is 366. The molecule has 18 heavy (non-hydrogen) atoms. The Labute approximate surface area is 116 Å². The lowest BCUT2D eigenvalue weighted by atomic mass is 10.1. The summed E-state index contributed by atoms with van der Waals surface area (Å²) in [6.45, 7) is 11.6. The highest BCUT2D eigenvalue weighted by Gasteiger charge is 2.14. The second-order valence-corrected chi connectivity index (χ2v) is 5.02. The van der Waals surface area contributed by atoms with Crippen molar-refractivity contribution < 1.29 is 0 Å². The van der Waals surface area contributed by atoms with Crippen LogP contribution in [0.5, 0.6) is 0 Å². The maximum absolute atomic E-state index is 6.41. The summed E-state index contributed by atoms with van der Waals surface area (Å²) in [6.07, 6.45) is 1.13. The zero-order valence-electron chi connectivity index (χ0n) is 12.0. The third kappa shape index (κ3) is 3.89. The van der Waals surface area contributed by atoms with Crippen LogP contribution in [0.4, 0.5) is 5.69 Å². The summed E-state index contributed by atoms with van der Waals surface area (Å²) in [4.78, 5) is 2.36. The van der Waals surface area contributed by atoms with Gasteiger partial charge in [0.25, 0.3) is 0 Å². The molecule has 1 aromatic rings. The fraction of sp³-hybridized carbons (Fsp3) is 0.600. The van der Waals surface area contributed by atoms with E-state index in [9.17, 15) is 0 Å². The fourth-order valence-corrected chi connectivity index (χ4v) is 2.41. The second kappa shape index (κ2) is 7.65. The smallest absolute Gasteiger partial charge is 0.0642 e. The highest BCUT2D eigenvalue weighted by atomic mass is 35.5. The van der Waals surface area contributed by atoms with Crippen LogP contribution in [0.3, 0.4) is 0 Å². The molecule has 0 amide bonds. The highest BCUT2D eigenvalue weighted by molar-refractivity contribution is 6.33. The summed E-state index contributed by atoms with van der Waals surface area (Å²) in [5.41, 5.74) is 2.39. The largest absolute Gasteiger partial charge is 0.368 e. The summed E-state index contributed by atoms with van der Waals surface area (Å²) in [6, 6.07) is 6.90. The molecule has 0 fully saturated rings. The van der Waals surface area contributed by atoms with Gasteiger partial charge in [-0.2, -0.15) is 0 Å². The molecule has 0 saturated carbocycles. The van der Waals surface area contributed by atoms with Gasteiger partial charge in [0.15, 0.2) is 0 Å². The first-order valence-electron chi connectivity index (χ1n) is 6.89. The fourth-order valence-electron chi connectivity index (χ4n) is 2.10. The average molecular weight is 269 g/mol. The maximum Gasteiger partial charge on any atom is 0.0642 e. The Balaban J connectivity index is 2.89. The van der Waals surface area contributed by atoms with Crippen molar-refractivity contribution in [3.05, 3.63) is 28.8 Å². The van der Waals surface area contributed by atoms with Crippen molar-refractivity contribution in [1.29, 1.82) is 0 Å². The molecule has 2 nitrogen and oxygen atoms in total. The SMILES string of the molecule is CCNCc1ccc(N(CC)C(C)CC)c(Cl)c1. The Morgan fingerprint density at radius 3 is 2.50 bits per heavy atom. The molecule has 0 aliphatic heterocycles. The molecule has 102 valence electrons. The molecule has 1 atom stereocenters. The van der Waals surface area contributed by atoms with Crippen LogP contribution in [0.2, 0.25) is 5.02 Å². The third-order valence-electron chi connectivity index (χ3n) is 3.36. The van der Waals surface area contributed by atoms with Crippen molar-refractivity contribution >= 4 is 17.3 Å². The quantitative estimate of drug-likeness (QED) is 0.802. The number of nitrogens with one attached hydrogen (secondary N) is 1. The van der Waals surface area contributed by atoms with Gasteiger partial charge in [-0.05, 0) is 44.5 Å². The van der Waals surface area contributed by atoms with E-state index in [4.69, 9.17) is 11.6 Å². The van der Waals surface area contributed by atoms with Crippen molar-refractivity contribution in [2.45, 2.75) is 46.7 Å². The van der Waals surface area contributed by atoms with Crippen molar-refractivity contribution in [2.75, 3.05) is 18.0 Å². The summed E-state index contributed by atoms with van der Waals surface area (Å²) >= 11 is 6.41. The normalized spacial score (nSPS) is 12.5. The van der Waals surface area contributed by atoms with Gasteiger partial charge in [-0.1, -0.05) is 31.5 Å². The first-order valence-corrected chi connectivity index (χ1v) is 7.27. The Morgan fingerprint density at radius 2 is 2.00 bits per heavy atom. The number of anilines is 1. The highest BCUT2D eigenvalue weighted by Crippen LogP contribution is 2.28. The van der Waals surface area contributed by atoms with Gasteiger partial charge in [-0.3, -0.25) is 0 Å². The van der Waals surface area contributed by atoms with Crippen LogP contribution >= 0.6 is 11.6 Å². The summed E-state index contributed by atoms with van der Waals surface area (Å²) in [7, 11) is 0. The number of rotatable bonds is 7. The zero-order chi connectivity index (χ0) is 13.5. The third-order valence-corrected chi connectivity index (χ3v) is 3.67. The number of hydrogen-bond donors (Lipinski definition) is 1. The van der Waals surface area contributed by atoms with Crippen molar-refractivity contribution in [2.24, 2.45) is 0 Å². The maximum atomic E-state index is 6.41. The van der Waals surface area contributed by atoms with Crippen molar-refractivity contribution in [3.8, 4) is 0 Å². The van der Waals surface area contributed by atoms with E-state index in [0.717, 1.165) is 36.8 Å². The van der Waals surface area contributed by atoms with Crippen LogP contribution in [-0.2, 0) is 6.54 Å². The van der Waals surface area contributed by atoms with E-state index < -0.39 is 0 Å². The second-order valence-electron chi connectivity index (χ2n) is 4.61. The van der Waals surface area contributed by atoms with E-state index >= 15 is 0 Å². The van der Waals surface area contributed by atoms with Gasteiger partial charge < -0.3 is 10.2 Å². The monoisotopic (exact) mass is 268 g/mol. The molecule has 1 N–H and O–H groups in total. The molecular weight excluding hydrogens is 244 g/mol. The molecule has 0 spiro atoms. The van der Waals surface area contributed by atoms with Gasteiger partial charge in [-0.25, -0.2) is 0 Å². The lowest BCUT2D eigenvalue weighted by Crippen LogP contribution is -2.32. The van der Waals surface area contributed by atoms with Gasteiger partial charge >= 0.3 is 0 Å². The lowest BCUT2D eigenvalue weighted by molar-refractivity contribution is 0.630. The molecule has 0 bridgehead atoms. The van der Waals surface area contributed by atoms with E-state index in [2.05, 4.69) is 56.1 Å². The number of hydrogen-bond acceptors (Lipinski definition) is 2. The van der Waals surface area contributed by atoms with E-state index in [1.165, 1.54) is 5.56 Å². The number of nitrogens with zero attached hydrogens (tertiary/aromatic N) is 1. The lowest BCUT2D eigenvalue weighted by Gasteiger charge is -2.30. The first-order chi connectivity index (χ1) is 8.63. The van der Waals surface area contributed by atoms with Gasteiger partial charge in [-0.15, -0.1) is 0 Å². The molecular formula is C15H25ClN2. The van der Waals surface area contributed by atoms with Crippen LogP contribution in [0.15, 0.2) is 18.2 Å². The molecule has 0 saturated heterocycles. The van der Waals surface area contributed by atoms with Crippen LogP contribution in [0, 0.1) is 0 Å². The molecule has 3 heteroatoms. The number of halogens is 1. The Hall–Kier alpha value is -0.730. The van der Waals surface area contributed by atoms with E-state index in [-0.39, 0.29) is 0 Å². The minimum Gasteiger partial charge on any atom is -0.368 e. The van der Waals surface area contributed by atoms with Gasteiger partial charge in [0.05, 0.1) is 10.7 Å². The minimum absolute atomic E-state index is 0.520. The summed E-state index contributed by atoms with van der Waals surface area (Å²) in [5, 5.41) is 4.17. The van der Waals surface area contributed by atoms with Crippen LogP contribution in [0.25, 0.3) is 0 Å².